The lowest BCUT2D eigenvalue weighted by Gasteiger charge is -2.14. The molecular formula is C13H19BrN2OS. The number of rotatable bonds is 6. The maximum absolute atomic E-state index is 12.0. The molecule has 18 heavy (non-hydrogen) atoms. The highest BCUT2D eigenvalue weighted by Crippen LogP contribution is 2.17. The van der Waals surface area contributed by atoms with Crippen LogP contribution in [0.1, 0.15) is 30.6 Å². The van der Waals surface area contributed by atoms with Crippen molar-refractivity contribution < 1.29 is 4.79 Å². The topological polar surface area (TPSA) is 55.1 Å². The van der Waals surface area contributed by atoms with Gasteiger partial charge in [0.25, 0.3) is 5.91 Å². The summed E-state index contributed by atoms with van der Waals surface area (Å²) >= 11 is 5.22. The van der Waals surface area contributed by atoms with E-state index in [9.17, 15) is 4.79 Å². The van der Waals surface area contributed by atoms with Crippen LogP contribution in [-0.2, 0) is 0 Å². The maximum Gasteiger partial charge on any atom is 0.251 e. The molecule has 0 aromatic heterocycles. The van der Waals surface area contributed by atoms with Crippen molar-refractivity contribution in [2.45, 2.75) is 26.3 Å². The van der Waals surface area contributed by atoms with Gasteiger partial charge in [-0.25, -0.2) is 0 Å². The van der Waals surface area contributed by atoms with Gasteiger partial charge in [-0.15, -0.1) is 0 Å². The fourth-order valence-corrected chi connectivity index (χ4v) is 2.85. The molecule has 0 aliphatic rings. The van der Waals surface area contributed by atoms with Crippen LogP contribution in [0.5, 0.6) is 0 Å². The lowest BCUT2D eigenvalue weighted by Crippen LogP contribution is -2.33. The molecule has 5 heteroatoms. The summed E-state index contributed by atoms with van der Waals surface area (Å²) < 4.78 is 0.821. The zero-order valence-electron chi connectivity index (χ0n) is 10.7. The summed E-state index contributed by atoms with van der Waals surface area (Å²) in [5.41, 5.74) is 6.89. The van der Waals surface area contributed by atoms with Crippen molar-refractivity contribution in [1.82, 2.24) is 5.32 Å². The Kier molecular flexibility index (Phi) is 6.57. The Morgan fingerprint density at radius 3 is 2.83 bits per heavy atom. The Morgan fingerprint density at radius 1 is 1.50 bits per heavy atom. The molecule has 0 spiro atoms. The third-order valence-electron chi connectivity index (χ3n) is 2.46. The molecule has 100 valence electrons. The van der Waals surface area contributed by atoms with Crippen LogP contribution >= 0.6 is 27.7 Å². The van der Waals surface area contributed by atoms with Gasteiger partial charge in [-0.05, 0) is 43.0 Å². The first kappa shape index (κ1) is 15.4. The lowest BCUT2D eigenvalue weighted by molar-refractivity contribution is 0.0939. The van der Waals surface area contributed by atoms with Crippen molar-refractivity contribution in [3.05, 3.63) is 28.2 Å². The van der Waals surface area contributed by atoms with E-state index in [2.05, 4.69) is 28.2 Å². The second kappa shape index (κ2) is 7.69. The van der Waals surface area contributed by atoms with Crippen molar-refractivity contribution in [2.24, 2.45) is 0 Å². The molecule has 3 N–H and O–H groups in total. The van der Waals surface area contributed by atoms with Gasteiger partial charge in [0, 0.05) is 21.8 Å². The number of nitrogens with one attached hydrogen (secondary N) is 1. The van der Waals surface area contributed by atoms with Crippen molar-refractivity contribution in [3.63, 3.8) is 0 Å². The molecule has 1 aromatic rings. The fourth-order valence-electron chi connectivity index (χ4n) is 1.53. The molecular weight excluding hydrogens is 312 g/mol. The van der Waals surface area contributed by atoms with Crippen LogP contribution < -0.4 is 11.1 Å². The van der Waals surface area contributed by atoms with E-state index >= 15 is 0 Å². The van der Waals surface area contributed by atoms with Gasteiger partial charge in [-0.2, -0.15) is 11.8 Å². The number of hydrogen-bond donors (Lipinski definition) is 2. The van der Waals surface area contributed by atoms with E-state index in [1.807, 2.05) is 18.7 Å². The molecule has 0 bridgehead atoms. The highest BCUT2D eigenvalue weighted by Gasteiger charge is 2.10. The first-order valence-corrected chi connectivity index (χ1v) is 7.92. The van der Waals surface area contributed by atoms with Gasteiger partial charge in [-0.1, -0.05) is 22.9 Å². The predicted molar refractivity (Wildman–Crippen MR) is 83.1 cm³/mol. The van der Waals surface area contributed by atoms with Gasteiger partial charge in [0.05, 0.1) is 0 Å². The van der Waals surface area contributed by atoms with Crippen LogP contribution in [-0.4, -0.2) is 23.5 Å². The van der Waals surface area contributed by atoms with Gasteiger partial charge in [0.2, 0.25) is 0 Å². The minimum Gasteiger partial charge on any atom is -0.399 e. The summed E-state index contributed by atoms with van der Waals surface area (Å²) in [6.07, 6.45) is 0.980. The lowest BCUT2D eigenvalue weighted by atomic mass is 10.1. The molecule has 1 aromatic carbocycles. The van der Waals surface area contributed by atoms with E-state index in [1.165, 1.54) is 0 Å². The highest BCUT2D eigenvalue weighted by molar-refractivity contribution is 9.10. The number of halogens is 1. The number of amides is 1. The Hall–Kier alpha value is -0.680. The van der Waals surface area contributed by atoms with Gasteiger partial charge in [0.15, 0.2) is 0 Å². The molecule has 0 fully saturated rings. The second-order valence-electron chi connectivity index (χ2n) is 4.13. The van der Waals surface area contributed by atoms with Crippen molar-refractivity contribution >= 4 is 39.3 Å². The van der Waals surface area contributed by atoms with E-state index in [-0.39, 0.29) is 11.9 Å². The summed E-state index contributed by atoms with van der Waals surface area (Å²) in [6, 6.07) is 5.42. The number of thioether (sulfide) groups is 1. The Bertz CT molecular complexity index is 392. The van der Waals surface area contributed by atoms with Gasteiger partial charge in [0.1, 0.15) is 0 Å². The number of anilines is 1. The molecule has 0 aliphatic carbocycles. The van der Waals surface area contributed by atoms with Crippen LogP contribution in [0, 0.1) is 0 Å². The van der Waals surface area contributed by atoms with Crippen LogP contribution in [0.4, 0.5) is 5.69 Å². The SMILES string of the molecule is CCSCCC(C)NC(=O)c1cc(N)cc(Br)c1. The first-order chi connectivity index (χ1) is 8.52. The molecule has 1 rings (SSSR count). The van der Waals surface area contributed by atoms with Crippen LogP contribution in [0.2, 0.25) is 0 Å². The van der Waals surface area contributed by atoms with Gasteiger partial charge < -0.3 is 11.1 Å². The van der Waals surface area contributed by atoms with Gasteiger partial charge in [-0.3, -0.25) is 4.79 Å². The highest BCUT2D eigenvalue weighted by atomic mass is 79.9. The quantitative estimate of drug-likeness (QED) is 0.621. The summed E-state index contributed by atoms with van der Waals surface area (Å²) in [4.78, 5) is 12.0. The summed E-state index contributed by atoms with van der Waals surface area (Å²) in [5, 5.41) is 2.98. The molecule has 1 atom stereocenters. The van der Waals surface area contributed by atoms with E-state index in [0.717, 1.165) is 22.4 Å². The standard InChI is InChI=1S/C13H19BrN2OS/c1-3-18-5-4-9(2)16-13(17)10-6-11(14)8-12(15)7-10/h6-9H,3-5,15H2,1-2H3,(H,16,17). The number of hydrogen-bond acceptors (Lipinski definition) is 3. The van der Waals surface area contributed by atoms with E-state index in [0.29, 0.717) is 11.3 Å². The second-order valence-corrected chi connectivity index (χ2v) is 6.44. The molecule has 1 amide bonds. The average molecular weight is 331 g/mol. The Balaban J connectivity index is 2.54. The zero-order chi connectivity index (χ0) is 13.5. The van der Waals surface area contributed by atoms with Gasteiger partial charge >= 0.3 is 0 Å². The van der Waals surface area contributed by atoms with E-state index in [4.69, 9.17) is 5.73 Å². The maximum atomic E-state index is 12.0. The zero-order valence-corrected chi connectivity index (χ0v) is 13.1. The monoisotopic (exact) mass is 330 g/mol. The minimum absolute atomic E-state index is 0.0722. The van der Waals surface area contributed by atoms with Crippen LogP contribution in [0.15, 0.2) is 22.7 Å². The van der Waals surface area contributed by atoms with E-state index in [1.54, 1.807) is 18.2 Å². The minimum atomic E-state index is -0.0722. The summed E-state index contributed by atoms with van der Waals surface area (Å²) in [5.74, 6) is 2.11. The molecule has 0 heterocycles. The molecule has 0 radical (unpaired) electrons. The summed E-state index contributed by atoms with van der Waals surface area (Å²) in [6.45, 7) is 4.16. The van der Waals surface area contributed by atoms with Crippen molar-refractivity contribution in [2.75, 3.05) is 17.2 Å². The molecule has 0 saturated heterocycles. The number of carbonyl (C=O) groups is 1. The Morgan fingerprint density at radius 2 is 2.22 bits per heavy atom. The third-order valence-corrected chi connectivity index (χ3v) is 3.85. The fraction of sp³-hybridized carbons (Fsp3) is 0.462. The average Bonchev–Trinajstić information content (AvgIpc) is 2.28. The number of carbonyl (C=O) groups excluding carboxylic acids is 1. The van der Waals surface area contributed by atoms with Crippen molar-refractivity contribution in [3.8, 4) is 0 Å². The molecule has 0 aliphatic heterocycles. The van der Waals surface area contributed by atoms with Crippen LogP contribution in [0.25, 0.3) is 0 Å². The number of benzene rings is 1. The predicted octanol–water partition coefficient (Wildman–Crippen LogP) is 3.29. The number of nitrogens with two attached hydrogens (primary N) is 1. The van der Waals surface area contributed by atoms with Crippen molar-refractivity contribution in [1.29, 1.82) is 0 Å². The molecule has 3 nitrogen and oxygen atoms in total. The molecule has 1 unspecified atom stereocenters. The third kappa shape index (κ3) is 5.31. The normalized spacial score (nSPS) is 12.2. The van der Waals surface area contributed by atoms with Crippen LogP contribution in [0.3, 0.4) is 0 Å². The first-order valence-electron chi connectivity index (χ1n) is 5.97. The van der Waals surface area contributed by atoms with E-state index < -0.39 is 0 Å². The number of nitrogen functional groups attached to an aromatic ring is 1. The molecule has 0 saturated carbocycles. The largest absolute Gasteiger partial charge is 0.399 e. The Labute approximate surface area is 121 Å². The summed E-state index contributed by atoms with van der Waals surface area (Å²) in [7, 11) is 0. The smallest absolute Gasteiger partial charge is 0.251 e.